The molecule has 3 aromatic rings. The molecule has 1 fully saturated rings. The number of piperazine rings is 1. The first-order valence-electron chi connectivity index (χ1n) is 9.28. The van der Waals surface area contributed by atoms with E-state index in [1.807, 2.05) is 4.90 Å². The Kier molecular flexibility index (Phi) is 6.28. The molecule has 10 nitrogen and oxygen atoms in total. The Morgan fingerprint density at radius 2 is 2.06 bits per heavy atom. The Labute approximate surface area is 186 Å². The van der Waals surface area contributed by atoms with Crippen LogP contribution in [0.5, 0.6) is 5.88 Å². The third kappa shape index (κ3) is 5.09. The summed E-state index contributed by atoms with van der Waals surface area (Å²) < 4.78 is 27.6. The Bertz CT molecular complexity index is 1080. The molecule has 4 rings (SSSR count). The molecule has 0 atom stereocenters. The first kappa shape index (κ1) is 21.0. The van der Waals surface area contributed by atoms with E-state index in [0.29, 0.717) is 49.3 Å². The molecule has 0 unspecified atom stereocenters. The van der Waals surface area contributed by atoms with Crippen LogP contribution in [0.25, 0.3) is 0 Å². The smallest absolute Gasteiger partial charge is 0.321 e. The SMILES string of the molecule is Nc1nccc(COc2nsnc2N2CCN(C(=O)Nc3ccc(F)c(Cl)c3)CC2)n1. The minimum absolute atomic E-state index is 0.0455. The molecule has 0 spiro atoms. The standard InChI is InChI=1S/C18H18ClFN8O2S/c19-13-9-11(1-2-14(13)20)24-18(29)28-7-5-27(6-8-28)15-16(26-31-25-15)30-10-12-3-4-22-17(21)23-12/h1-4,9H,5-8,10H2,(H,24,29)(H2,21,22,23). The van der Waals surface area contributed by atoms with E-state index in [2.05, 4.69) is 24.0 Å². The van der Waals surface area contributed by atoms with Crippen molar-refractivity contribution in [3.8, 4) is 5.88 Å². The lowest BCUT2D eigenvalue weighted by molar-refractivity contribution is 0.208. The molecule has 162 valence electrons. The number of amides is 2. The summed E-state index contributed by atoms with van der Waals surface area (Å²) in [5.41, 5.74) is 6.65. The van der Waals surface area contributed by atoms with Gasteiger partial charge in [-0.15, -0.1) is 4.37 Å². The highest BCUT2D eigenvalue weighted by atomic mass is 35.5. The number of nitrogens with one attached hydrogen (secondary N) is 1. The molecular weight excluding hydrogens is 447 g/mol. The topological polar surface area (TPSA) is 122 Å². The molecule has 3 heterocycles. The lowest BCUT2D eigenvalue weighted by Gasteiger charge is -2.34. The summed E-state index contributed by atoms with van der Waals surface area (Å²) >= 11 is 6.81. The summed E-state index contributed by atoms with van der Waals surface area (Å²) in [5, 5.41) is 2.68. The number of benzene rings is 1. The second-order valence-corrected chi connectivity index (χ2v) is 7.56. The highest BCUT2D eigenvalue weighted by molar-refractivity contribution is 6.99. The van der Waals surface area contributed by atoms with Crippen molar-refractivity contribution in [2.45, 2.75) is 6.61 Å². The molecule has 2 amide bonds. The van der Waals surface area contributed by atoms with Gasteiger partial charge in [0.1, 0.15) is 12.4 Å². The number of rotatable bonds is 5. The van der Waals surface area contributed by atoms with Crippen molar-refractivity contribution in [3.05, 3.63) is 47.0 Å². The van der Waals surface area contributed by atoms with Crippen molar-refractivity contribution in [2.75, 3.05) is 42.1 Å². The van der Waals surface area contributed by atoms with Gasteiger partial charge in [0, 0.05) is 38.1 Å². The number of hydrogen-bond acceptors (Lipinski definition) is 9. The molecule has 1 saturated heterocycles. The van der Waals surface area contributed by atoms with Crippen molar-refractivity contribution in [2.24, 2.45) is 0 Å². The molecule has 3 N–H and O–H groups in total. The van der Waals surface area contributed by atoms with Crippen molar-refractivity contribution in [3.63, 3.8) is 0 Å². The van der Waals surface area contributed by atoms with E-state index in [-0.39, 0.29) is 23.6 Å². The van der Waals surface area contributed by atoms with Crippen LogP contribution in [0.4, 0.5) is 26.6 Å². The molecule has 0 radical (unpaired) electrons. The van der Waals surface area contributed by atoms with Gasteiger partial charge in [-0.2, -0.15) is 4.37 Å². The number of hydrogen-bond donors (Lipinski definition) is 2. The third-order valence-electron chi connectivity index (χ3n) is 4.57. The highest BCUT2D eigenvalue weighted by Crippen LogP contribution is 2.27. The van der Waals surface area contributed by atoms with E-state index in [4.69, 9.17) is 22.1 Å². The maximum absolute atomic E-state index is 13.3. The molecule has 1 aliphatic heterocycles. The van der Waals surface area contributed by atoms with Gasteiger partial charge in [0.25, 0.3) is 5.88 Å². The summed E-state index contributed by atoms with van der Waals surface area (Å²) in [4.78, 5) is 24.1. The fourth-order valence-corrected chi connectivity index (χ4v) is 3.69. The maximum Gasteiger partial charge on any atom is 0.321 e. The van der Waals surface area contributed by atoms with Crippen LogP contribution in [-0.4, -0.2) is 55.8 Å². The average Bonchev–Trinajstić information content (AvgIpc) is 3.24. The van der Waals surface area contributed by atoms with Crippen molar-refractivity contribution in [1.29, 1.82) is 0 Å². The van der Waals surface area contributed by atoms with Gasteiger partial charge in [-0.25, -0.2) is 19.2 Å². The van der Waals surface area contributed by atoms with Gasteiger partial charge in [-0.3, -0.25) is 0 Å². The normalized spacial score (nSPS) is 13.9. The van der Waals surface area contributed by atoms with E-state index < -0.39 is 5.82 Å². The third-order valence-corrected chi connectivity index (χ3v) is 5.36. The van der Waals surface area contributed by atoms with Crippen LogP contribution in [0.15, 0.2) is 30.5 Å². The first-order chi connectivity index (χ1) is 15.0. The molecule has 13 heteroatoms. The van der Waals surface area contributed by atoms with Crippen LogP contribution >= 0.6 is 23.3 Å². The number of nitrogen functional groups attached to an aromatic ring is 1. The molecule has 0 saturated carbocycles. The molecule has 1 aliphatic rings. The number of anilines is 3. The number of carbonyl (C=O) groups excluding carboxylic acids is 1. The average molecular weight is 465 g/mol. The molecule has 31 heavy (non-hydrogen) atoms. The van der Waals surface area contributed by atoms with Crippen molar-refractivity contribution >= 4 is 46.8 Å². The highest BCUT2D eigenvalue weighted by Gasteiger charge is 2.25. The molecule has 1 aromatic carbocycles. The molecule has 2 aromatic heterocycles. The summed E-state index contributed by atoms with van der Waals surface area (Å²) in [6.45, 7) is 2.24. The van der Waals surface area contributed by atoms with Gasteiger partial charge >= 0.3 is 6.03 Å². The lowest BCUT2D eigenvalue weighted by Crippen LogP contribution is -2.50. The van der Waals surface area contributed by atoms with Gasteiger partial charge in [0.2, 0.25) is 11.8 Å². The molecular formula is C18H18ClFN8O2S. The predicted octanol–water partition coefficient (Wildman–Crippen LogP) is 2.64. The van der Waals surface area contributed by atoms with E-state index in [0.717, 1.165) is 11.7 Å². The fraction of sp³-hybridized carbons (Fsp3) is 0.278. The maximum atomic E-state index is 13.3. The van der Waals surface area contributed by atoms with Gasteiger partial charge in [0.15, 0.2) is 0 Å². The number of nitrogens with zero attached hydrogens (tertiary/aromatic N) is 6. The Balaban J connectivity index is 1.32. The number of nitrogens with two attached hydrogens (primary N) is 1. The Hall–Kier alpha value is -3.25. The van der Waals surface area contributed by atoms with Gasteiger partial charge < -0.3 is 25.6 Å². The second-order valence-electron chi connectivity index (χ2n) is 6.62. The first-order valence-corrected chi connectivity index (χ1v) is 10.4. The molecule has 0 bridgehead atoms. The van der Waals surface area contributed by atoms with Crippen LogP contribution in [0, 0.1) is 5.82 Å². The second kappa shape index (κ2) is 9.27. The summed E-state index contributed by atoms with van der Waals surface area (Å²) in [6, 6.07) is 5.48. The fourth-order valence-electron chi connectivity index (χ4n) is 2.99. The number of carbonyl (C=O) groups is 1. The van der Waals surface area contributed by atoms with E-state index in [9.17, 15) is 9.18 Å². The van der Waals surface area contributed by atoms with Gasteiger partial charge in [0.05, 0.1) is 22.4 Å². The van der Waals surface area contributed by atoms with E-state index in [1.165, 1.54) is 18.2 Å². The zero-order chi connectivity index (χ0) is 21.8. The van der Waals surface area contributed by atoms with Crippen LogP contribution in [0.1, 0.15) is 5.69 Å². The summed E-state index contributed by atoms with van der Waals surface area (Å²) in [6.07, 6.45) is 1.56. The summed E-state index contributed by atoms with van der Waals surface area (Å²) in [7, 11) is 0. The summed E-state index contributed by atoms with van der Waals surface area (Å²) in [5.74, 6) is 0.667. The number of halogens is 2. The Morgan fingerprint density at radius 1 is 1.26 bits per heavy atom. The van der Waals surface area contributed by atoms with Gasteiger partial charge in [-0.1, -0.05) is 11.6 Å². The minimum atomic E-state index is -0.536. The van der Waals surface area contributed by atoms with Gasteiger partial charge in [-0.05, 0) is 24.3 Å². The van der Waals surface area contributed by atoms with Crippen LogP contribution in [0.3, 0.4) is 0 Å². The van der Waals surface area contributed by atoms with Crippen molar-refractivity contribution in [1.82, 2.24) is 23.6 Å². The number of ether oxygens (including phenoxy) is 1. The quantitative estimate of drug-likeness (QED) is 0.590. The zero-order valence-corrected chi connectivity index (χ0v) is 17.7. The predicted molar refractivity (Wildman–Crippen MR) is 115 cm³/mol. The van der Waals surface area contributed by atoms with Crippen LogP contribution in [-0.2, 0) is 6.61 Å². The minimum Gasteiger partial charge on any atom is -0.468 e. The lowest BCUT2D eigenvalue weighted by atomic mass is 10.3. The monoisotopic (exact) mass is 464 g/mol. The largest absolute Gasteiger partial charge is 0.468 e. The number of aromatic nitrogens is 4. The van der Waals surface area contributed by atoms with Crippen LogP contribution in [0.2, 0.25) is 5.02 Å². The Morgan fingerprint density at radius 3 is 2.81 bits per heavy atom. The van der Waals surface area contributed by atoms with Crippen LogP contribution < -0.4 is 20.7 Å². The van der Waals surface area contributed by atoms with Crippen molar-refractivity contribution < 1.29 is 13.9 Å². The number of urea groups is 1. The van der Waals surface area contributed by atoms with E-state index in [1.54, 1.807) is 17.2 Å². The zero-order valence-electron chi connectivity index (χ0n) is 16.2. The van der Waals surface area contributed by atoms with E-state index >= 15 is 0 Å². The molecule has 0 aliphatic carbocycles.